The number of methoxy groups -OCH3 is 1. The van der Waals surface area contributed by atoms with E-state index in [0.717, 1.165) is 44.0 Å². The predicted octanol–water partition coefficient (Wildman–Crippen LogP) is 1.34. The predicted molar refractivity (Wildman–Crippen MR) is 88.0 cm³/mol. The van der Waals surface area contributed by atoms with E-state index in [-0.39, 0.29) is 11.9 Å². The van der Waals surface area contributed by atoms with E-state index in [9.17, 15) is 4.79 Å². The maximum Gasteiger partial charge on any atom is 0.237 e. The van der Waals surface area contributed by atoms with Crippen LogP contribution in [0.4, 0.5) is 0 Å². The third-order valence-corrected chi connectivity index (χ3v) is 4.41. The number of hydrogen-bond acceptors (Lipinski definition) is 4. The van der Waals surface area contributed by atoms with Gasteiger partial charge in [-0.2, -0.15) is 0 Å². The van der Waals surface area contributed by atoms with E-state index < -0.39 is 0 Å². The van der Waals surface area contributed by atoms with Gasteiger partial charge in [-0.3, -0.25) is 9.69 Å². The summed E-state index contributed by atoms with van der Waals surface area (Å²) >= 11 is 0. The average Bonchev–Trinajstić information content (AvgIpc) is 2.59. The van der Waals surface area contributed by atoms with Crippen LogP contribution < -0.4 is 10.1 Å². The van der Waals surface area contributed by atoms with E-state index in [4.69, 9.17) is 4.74 Å². The first-order valence-electron chi connectivity index (χ1n) is 8.01. The minimum atomic E-state index is -0.0720. The maximum atomic E-state index is 12.3. The molecule has 1 saturated heterocycles. The third kappa shape index (κ3) is 4.45. The second-order valence-corrected chi connectivity index (χ2v) is 5.71. The number of carbonyl (C=O) groups is 1. The van der Waals surface area contributed by atoms with E-state index in [1.807, 2.05) is 31.2 Å². The van der Waals surface area contributed by atoms with Crippen LogP contribution in [0.25, 0.3) is 0 Å². The fraction of sp³-hybridized carbons (Fsp3) is 0.588. The molecule has 5 nitrogen and oxygen atoms in total. The van der Waals surface area contributed by atoms with Gasteiger partial charge in [-0.25, -0.2) is 0 Å². The molecule has 0 unspecified atom stereocenters. The molecule has 1 aliphatic rings. The van der Waals surface area contributed by atoms with Crippen LogP contribution in [-0.4, -0.2) is 61.6 Å². The highest BCUT2D eigenvalue weighted by atomic mass is 16.5. The van der Waals surface area contributed by atoms with E-state index in [1.165, 1.54) is 0 Å². The number of amides is 1. The van der Waals surface area contributed by atoms with Crippen molar-refractivity contribution in [1.82, 2.24) is 15.1 Å². The molecule has 122 valence electrons. The van der Waals surface area contributed by atoms with Crippen LogP contribution in [0.15, 0.2) is 24.3 Å². The first-order valence-corrected chi connectivity index (χ1v) is 8.01. The molecule has 0 bridgehead atoms. The lowest BCUT2D eigenvalue weighted by molar-refractivity contribution is -0.126. The summed E-state index contributed by atoms with van der Waals surface area (Å²) in [6.07, 6.45) is 0. The quantitative estimate of drug-likeness (QED) is 0.861. The normalized spacial score (nSPS) is 18.0. The van der Waals surface area contributed by atoms with Crippen LogP contribution in [0.5, 0.6) is 5.75 Å². The highest BCUT2D eigenvalue weighted by Crippen LogP contribution is 2.11. The van der Waals surface area contributed by atoms with Gasteiger partial charge in [0.2, 0.25) is 5.91 Å². The second kappa shape index (κ2) is 8.15. The number of rotatable bonds is 6. The Kier molecular flexibility index (Phi) is 6.21. The Labute approximate surface area is 133 Å². The molecule has 0 saturated carbocycles. The van der Waals surface area contributed by atoms with E-state index >= 15 is 0 Å². The standard InChI is InChI=1S/C17H27N3O2/c1-4-19-9-11-20(12-10-19)14(2)17(21)18-13-15-5-7-16(22-3)8-6-15/h5-8,14H,4,9-13H2,1-3H3,(H,18,21)/t14-/m1/s1. The fourth-order valence-corrected chi connectivity index (χ4v) is 2.71. The van der Waals surface area contributed by atoms with E-state index in [2.05, 4.69) is 22.0 Å². The first kappa shape index (κ1) is 16.8. The van der Waals surface area contributed by atoms with Gasteiger partial charge in [-0.1, -0.05) is 19.1 Å². The van der Waals surface area contributed by atoms with Gasteiger partial charge in [0.15, 0.2) is 0 Å². The number of likely N-dealkylation sites (N-methyl/N-ethyl adjacent to an activating group) is 1. The van der Waals surface area contributed by atoms with Gasteiger partial charge in [0.25, 0.3) is 0 Å². The van der Waals surface area contributed by atoms with Crippen molar-refractivity contribution in [2.45, 2.75) is 26.4 Å². The van der Waals surface area contributed by atoms with Crippen LogP contribution in [0, 0.1) is 0 Å². The smallest absolute Gasteiger partial charge is 0.237 e. The molecule has 1 aromatic carbocycles. The summed E-state index contributed by atoms with van der Waals surface area (Å²) in [5.41, 5.74) is 1.08. The number of nitrogens with zero attached hydrogens (tertiary/aromatic N) is 2. The lowest BCUT2D eigenvalue weighted by Crippen LogP contribution is -2.53. The highest BCUT2D eigenvalue weighted by molar-refractivity contribution is 5.81. The highest BCUT2D eigenvalue weighted by Gasteiger charge is 2.24. The second-order valence-electron chi connectivity index (χ2n) is 5.71. The number of carbonyl (C=O) groups excluding carboxylic acids is 1. The van der Waals surface area contributed by atoms with Gasteiger partial charge in [0, 0.05) is 32.7 Å². The van der Waals surface area contributed by atoms with Gasteiger partial charge >= 0.3 is 0 Å². The molecule has 0 radical (unpaired) electrons. The molecule has 1 aliphatic heterocycles. The Morgan fingerprint density at radius 1 is 1.23 bits per heavy atom. The molecule has 22 heavy (non-hydrogen) atoms. The molecular formula is C17H27N3O2. The zero-order chi connectivity index (χ0) is 15.9. The zero-order valence-corrected chi connectivity index (χ0v) is 13.8. The van der Waals surface area contributed by atoms with Crippen molar-refractivity contribution in [2.24, 2.45) is 0 Å². The summed E-state index contributed by atoms with van der Waals surface area (Å²) in [5, 5.41) is 3.02. The van der Waals surface area contributed by atoms with Gasteiger partial charge in [-0.05, 0) is 31.2 Å². The van der Waals surface area contributed by atoms with Gasteiger partial charge in [-0.15, -0.1) is 0 Å². The Morgan fingerprint density at radius 2 is 1.86 bits per heavy atom. The SMILES string of the molecule is CCN1CCN([C@H](C)C(=O)NCc2ccc(OC)cc2)CC1. The molecule has 1 amide bonds. The fourth-order valence-electron chi connectivity index (χ4n) is 2.71. The number of hydrogen-bond donors (Lipinski definition) is 1. The number of nitrogens with one attached hydrogen (secondary N) is 1. The Hall–Kier alpha value is -1.59. The summed E-state index contributed by atoms with van der Waals surface area (Å²) in [5.74, 6) is 0.929. The average molecular weight is 305 g/mol. The maximum absolute atomic E-state index is 12.3. The monoisotopic (exact) mass is 305 g/mol. The lowest BCUT2D eigenvalue weighted by atomic mass is 10.2. The molecule has 0 spiro atoms. The molecule has 1 N–H and O–H groups in total. The lowest BCUT2D eigenvalue weighted by Gasteiger charge is -2.36. The molecule has 0 aromatic heterocycles. The van der Waals surface area contributed by atoms with E-state index in [1.54, 1.807) is 7.11 Å². The van der Waals surface area contributed by atoms with Gasteiger partial charge < -0.3 is 15.0 Å². The summed E-state index contributed by atoms with van der Waals surface area (Å²) in [6, 6.07) is 7.70. The minimum absolute atomic E-state index is 0.0720. The van der Waals surface area contributed by atoms with Crippen molar-refractivity contribution in [1.29, 1.82) is 0 Å². The summed E-state index contributed by atoms with van der Waals surface area (Å²) in [4.78, 5) is 17.0. The summed E-state index contributed by atoms with van der Waals surface area (Å²) < 4.78 is 5.13. The molecule has 2 rings (SSSR count). The minimum Gasteiger partial charge on any atom is -0.497 e. The van der Waals surface area contributed by atoms with Crippen LogP contribution in [-0.2, 0) is 11.3 Å². The molecule has 1 heterocycles. The zero-order valence-electron chi connectivity index (χ0n) is 13.8. The molecule has 0 aliphatic carbocycles. The Morgan fingerprint density at radius 3 is 2.41 bits per heavy atom. The van der Waals surface area contributed by atoms with Crippen LogP contribution >= 0.6 is 0 Å². The Bertz CT molecular complexity index is 467. The molecule has 5 heteroatoms. The van der Waals surface area contributed by atoms with Crippen molar-refractivity contribution in [3.8, 4) is 5.75 Å². The van der Waals surface area contributed by atoms with Crippen LogP contribution in [0.3, 0.4) is 0 Å². The number of piperazine rings is 1. The molecule has 1 atom stereocenters. The van der Waals surface area contributed by atoms with Crippen molar-refractivity contribution >= 4 is 5.91 Å². The van der Waals surface area contributed by atoms with Crippen molar-refractivity contribution in [3.63, 3.8) is 0 Å². The Balaban J connectivity index is 1.78. The van der Waals surface area contributed by atoms with E-state index in [0.29, 0.717) is 6.54 Å². The summed E-state index contributed by atoms with van der Waals surface area (Å²) in [6.45, 7) is 9.84. The molecular weight excluding hydrogens is 278 g/mol. The van der Waals surface area contributed by atoms with Gasteiger partial charge in [0.1, 0.15) is 5.75 Å². The van der Waals surface area contributed by atoms with Crippen LogP contribution in [0.2, 0.25) is 0 Å². The number of benzene rings is 1. The molecule has 1 fully saturated rings. The topological polar surface area (TPSA) is 44.8 Å². The third-order valence-electron chi connectivity index (χ3n) is 4.41. The first-order chi connectivity index (χ1) is 10.6. The largest absolute Gasteiger partial charge is 0.497 e. The number of ether oxygens (including phenoxy) is 1. The van der Waals surface area contributed by atoms with Crippen molar-refractivity contribution < 1.29 is 9.53 Å². The summed E-state index contributed by atoms with van der Waals surface area (Å²) in [7, 11) is 1.65. The van der Waals surface area contributed by atoms with Crippen LogP contribution in [0.1, 0.15) is 19.4 Å². The van der Waals surface area contributed by atoms with Gasteiger partial charge in [0.05, 0.1) is 13.2 Å². The van der Waals surface area contributed by atoms with Crippen molar-refractivity contribution in [2.75, 3.05) is 39.8 Å². The molecule has 1 aromatic rings. The van der Waals surface area contributed by atoms with Crippen molar-refractivity contribution in [3.05, 3.63) is 29.8 Å².